The number of nitrogens with zero attached hydrogens (tertiary/aromatic N) is 2. The first kappa shape index (κ1) is 22.0. The summed E-state index contributed by atoms with van der Waals surface area (Å²) in [5.41, 5.74) is 1.13. The first-order valence-electron chi connectivity index (χ1n) is 8.11. The molecule has 0 aliphatic carbocycles. The SMILES string of the molecule is CN=C(NCCc1ccccc1OC)NCCN1CCCS1(=O)=O.I. The van der Waals surface area contributed by atoms with Crippen LogP contribution in [0.1, 0.15) is 12.0 Å². The van der Waals surface area contributed by atoms with E-state index >= 15 is 0 Å². The largest absolute Gasteiger partial charge is 0.496 e. The maximum Gasteiger partial charge on any atom is 0.214 e. The highest BCUT2D eigenvalue weighted by atomic mass is 127. The van der Waals surface area contributed by atoms with Gasteiger partial charge in [0.2, 0.25) is 10.0 Å². The number of ether oxygens (including phenoxy) is 1. The Morgan fingerprint density at radius 1 is 1.28 bits per heavy atom. The molecule has 0 bridgehead atoms. The molecule has 0 unspecified atom stereocenters. The van der Waals surface area contributed by atoms with Crippen LogP contribution in [0.3, 0.4) is 0 Å². The van der Waals surface area contributed by atoms with Gasteiger partial charge >= 0.3 is 0 Å². The molecule has 142 valence electrons. The van der Waals surface area contributed by atoms with Gasteiger partial charge in [-0.15, -0.1) is 24.0 Å². The van der Waals surface area contributed by atoms with Gasteiger partial charge in [-0.2, -0.15) is 0 Å². The van der Waals surface area contributed by atoms with Crippen LogP contribution >= 0.6 is 24.0 Å². The predicted molar refractivity (Wildman–Crippen MR) is 111 cm³/mol. The van der Waals surface area contributed by atoms with E-state index in [4.69, 9.17) is 4.74 Å². The molecule has 1 aromatic carbocycles. The Hall–Kier alpha value is -1.07. The van der Waals surface area contributed by atoms with Crippen LogP contribution in [0.15, 0.2) is 29.3 Å². The topological polar surface area (TPSA) is 83.0 Å². The number of benzene rings is 1. The fourth-order valence-electron chi connectivity index (χ4n) is 2.69. The van der Waals surface area contributed by atoms with Gasteiger partial charge in [-0.05, 0) is 24.5 Å². The van der Waals surface area contributed by atoms with E-state index in [0.29, 0.717) is 38.6 Å². The molecule has 0 radical (unpaired) electrons. The molecule has 2 rings (SSSR count). The number of aliphatic imine (C=N–C) groups is 1. The molecule has 0 amide bonds. The normalized spacial score (nSPS) is 17.0. The molecule has 9 heteroatoms. The maximum absolute atomic E-state index is 11.7. The molecule has 0 spiro atoms. The maximum atomic E-state index is 11.7. The van der Waals surface area contributed by atoms with Gasteiger partial charge in [0, 0.05) is 33.2 Å². The number of hydrogen-bond donors (Lipinski definition) is 2. The first-order chi connectivity index (χ1) is 11.6. The second kappa shape index (κ2) is 10.8. The molecular formula is C16H27IN4O3S. The average Bonchev–Trinajstić information content (AvgIpc) is 2.92. The van der Waals surface area contributed by atoms with Crippen LogP contribution in [0.25, 0.3) is 0 Å². The average molecular weight is 482 g/mol. The van der Waals surface area contributed by atoms with E-state index in [1.54, 1.807) is 14.2 Å². The molecular weight excluding hydrogens is 455 g/mol. The molecule has 0 saturated carbocycles. The summed E-state index contributed by atoms with van der Waals surface area (Å²) >= 11 is 0. The minimum atomic E-state index is -3.03. The van der Waals surface area contributed by atoms with Crippen molar-refractivity contribution >= 4 is 40.0 Å². The smallest absolute Gasteiger partial charge is 0.214 e. The van der Waals surface area contributed by atoms with Crippen molar-refractivity contribution < 1.29 is 13.2 Å². The highest BCUT2D eigenvalue weighted by molar-refractivity contribution is 14.0. The molecule has 1 aliphatic heterocycles. The summed E-state index contributed by atoms with van der Waals surface area (Å²) in [5.74, 6) is 1.81. The van der Waals surface area contributed by atoms with Gasteiger partial charge in [-0.1, -0.05) is 18.2 Å². The Morgan fingerprint density at radius 3 is 2.64 bits per heavy atom. The van der Waals surface area contributed by atoms with Crippen molar-refractivity contribution in [2.45, 2.75) is 12.8 Å². The minimum Gasteiger partial charge on any atom is -0.496 e. The molecule has 1 fully saturated rings. The Morgan fingerprint density at radius 2 is 2.00 bits per heavy atom. The Labute approximate surface area is 167 Å². The standard InChI is InChI=1S/C16H26N4O3S.HI/c1-17-16(19-10-12-20-11-5-13-24(20,21)22)18-9-8-14-6-3-4-7-15(14)23-2;/h3-4,6-7H,5,8-13H2,1-2H3,(H2,17,18,19);1H. The minimum absolute atomic E-state index is 0. The van der Waals surface area contributed by atoms with Crippen LogP contribution in [0.5, 0.6) is 5.75 Å². The van der Waals surface area contributed by atoms with E-state index in [1.165, 1.54) is 4.31 Å². The summed E-state index contributed by atoms with van der Waals surface area (Å²) in [4.78, 5) is 4.16. The number of rotatable bonds is 7. The third-order valence-electron chi connectivity index (χ3n) is 3.96. The van der Waals surface area contributed by atoms with Crippen molar-refractivity contribution in [3.8, 4) is 5.75 Å². The van der Waals surface area contributed by atoms with Gasteiger partial charge in [-0.3, -0.25) is 4.99 Å². The van der Waals surface area contributed by atoms with E-state index in [-0.39, 0.29) is 29.7 Å². The van der Waals surface area contributed by atoms with E-state index in [0.717, 1.165) is 17.7 Å². The number of hydrogen-bond acceptors (Lipinski definition) is 4. The summed E-state index contributed by atoms with van der Waals surface area (Å²) in [5, 5.41) is 6.38. The second-order valence-corrected chi connectivity index (χ2v) is 7.64. The number of guanidine groups is 1. The molecule has 25 heavy (non-hydrogen) atoms. The molecule has 7 nitrogen and oxygen atoms in total. The lowest BCUT2D eigenvalue weighted by Gasteiger charge is -2.16. The van der Waals surface area contributed by atoms with Gasteiger partial charge in [-0.25, -0.2) is 12.7 Å². The van der Waals surface area contributed by atoms with Crippen molar-refractivity contribution in [1.29, 1.82) is 0 Å². The van der Waals surface area contributed by atoms with Crippen LogP contribution in [0.2, 0.25) is 0 Å². The molecule has 2 N–H and O–H groups in total. The van der Waals surface area contributed by atoms with Gasteiger partial charge in [0.15, 0.2) is 5.96 Å². The van der Waals surface area contributed by atoms with Crippen LogP contribution < -0.4 is 15.4 Å². The molecule has 1 heterocycles. The number of sulfonamides is 1. The van der Waals surface area contributed by atoms with Gasteiger partial charge in [0.1, 0.15) is 5.75 Å². The summed E-state index contributed by atoms with van der Waals surface area (Å²) in [6.45, 7) is 2.33. The Bertz CT molecular complexity index is 667. The highest BCUT2D eigenvalue weighted by Crippen LogP contribution is 2.17. The van der Waals surface area contributed by atoms with E-state index in [2.05, 4.69) is 15.6 Å². The molecule has 0 aromatic heterocycles. The summed E-state index contributed by atoms with van der Waals surface area (Å²) < 4.78 is 30.3. The number of nitrogens with one attached hydrogen (secondary N) is 2. The number of para-hydroxylation sites is 1. The summed E-state index contributed by atoms with van der Waals surface area (Å²) in [7, 11) is 0.332. The molecule has 1 aromatic rings. The van der Waals surface area contributed by atoms with Crippen LogP contribution in [-0.4, -0.2) is 64.8 Å². The quantitative estimate of drug-likeness (QED) is 0.345. The van der Waals surface area contributed by atoms with E-state index in [1.807, 2.05) is 24.3 Å². The third-order valence-corrected chi connectivity index (χ3v) is 5.92. The zero-order chi connectivity index (χ0) is 17.4. The van der Waals surface area contributed by atoms with Crippen molar-refractivity contribution in [2.24, 2.45) is 4.99 Å². The Kier molecular flexibility index (Phi) is 9.51. The van der Waals surface area contributed by atoms with Gasteiger partial charge < -0.3 is 15.4 Å². The van der Waals surface area contributed by atoms with Crippen molar-refractivity contribution in [1.82, 2.24) is 14.9 Å². The van der Waals surface area contributed by atoms with Crippen LogP contribution in [0.4, 0.5) is 0 Å². The lowest BCUT2D eigenvalue weighted by atomic mass is 10.1. The summed E-state index contributed by atoms with van der Waals surface area (Å²) in [6.07, 6.45) is 1.53. The fourth-order valence-corrected chi connectivity index (χ4v) is 4.22. The molecule has 0 atom stereocenters. The lowest BCUT2D eigenvalue weighted by molar-refractivity contribution is 0.409. The second-order valence-electron chi connectivity index (χ2n) is 5.56. The van der Waals surface area contributed by atoms with Crippen molar-refractivity contribution in [2.75, 3.05) is 46.1 Å². The van der Waals surface area contributed by atoms with Crippen LogP contribution in [0, 0.1) is 0 Å². The monoisotopic (exact) mass is 482 g/mol. The van der Waals surface area contributed by atoms with Crippen LogP contribution in [-0.2, 0) is 16.4 Å². The third kappa shape index (κ3) is 6.63. The highest BCUT2D eigenvalue weighted by Gasteiger charge is 2.27. The number of methoxy groups -OCH3 is 1. The van der Waals surface area contributed by atoms with Gasteiger partial charge in [0.25, 0.3) is 0 Å². The van der Waals surface area contributed by atoms with Crippen molar-refractivity contribution in [3.63, 3.8) is 0 Å². The lowest BCUT2D eigenvalue weighted by Crippen LogP contribution is -2.42. The Balaban J connectivity index is 0.00000312. The summed E-state index contributed by atoms with van der Waals surface area (Å²) in [6, 6.07) is 7.91. The fraction of sp³-hybridized carbons (Fsp3) is 0.562. The van der Waals surface area contributed by atoms with Gasteiger partial charge in [0.05, 0.1) is 12.9 Å². The molecule has 1 saturated heterocycles. The predicted octanol–water partition coefficient (Wildman–Crippen LogP) is 1.06. The zero-order valence-corrected chi connectivity index (χ0v) is 17.8. The number of halogens is 1. The molecule has 1 aliphatic rings. The van der Waals surface area contributed by atoms with E-state index in [9.17, 15) is 8.42 Å². The van der Waals surface area contributed by atoms with Crippen molar-refractivity contribution in [3.05, 3.63) is 29.8 Å². The zero-order valence-electron chi connectivity index (χ0n) is 14.7. The van der Waals surface area contributed by atoms with E-state index < -0.39 is 10.0 Å². The first-order valence-corrected chi connectivity index (χ1v) is 9.72.